The van der Waals surface area contributed by atoms with Gasteiger partial charge in [0.25, 0.3) is 5.91 Å². The molecule has 0 bridgehead atoms. The Labute approximate surface area is 106 Å². The van der Waals surface area contributed by atoms with E-state index in [9.17, 15) is 9.59 Å². The van der Waals surface area contributed by atoms with E-state index in [1.54, 1.807) is 25.2 Å². The average molecular weight is 250 g/mol. The van der Waals surface area contributed by atoms with Crippen LogP contribution in [-0.2, 0) is 4.79 Å². The van der Waals surface area contributed by atoms with E-state index in [1.807, 2.05) is 6.92 Å². The number of nitrogens with zero attached hydrogens (tertiary/aromatic N) is 1. The lowest BCUT2D eigenvalue weighted by molar-refractivity contribution is -0.120. The number of aromatic nitrogens is 1. The highest BCUT2D eigenvalue weighted by molar-refractivity contribution is 5.92. The van der Waals surface area contributed by atoms with E-state index in [-0.39, 0.29) is 18.2 Å². The molecule has 0 atom stereocenters. The van der Waals surface area contributed by atoms with E-state index in [2.05, 4.69) is 20.9 Å². The van der Waals surface area contributed by atoms with E-state index in [4.69, 9.17) is 0 Å². The second-order valence-electron chi connectivity index (χ2n) is 3.62. The van der Waals surface area contributed by atoms with Gasteiger partial charge in [-0.25, -0.2) is 4.98 Å². The maximum absolute atomic E-state index is 11.7. The van der Waals surface area contributed by atoms with Gasteiger partial charge in [-0.3, -0.25) is 9.59 Å². The minimum atomic E-state index is -0.279. The van der Waals surface area contributed by atoms with Crippen molar-refractivity contribution in [1.29, 1.82) is 0 Å². The predicted molar refractivity (Wildman–Crippen MR) is 69.4 cm³/mol. The standard InChI is InChI=1S/C12H18N4O2/c1-3-14-10-6-4-5-9(16-10)12(18)15-8-7-11(17)13-2/h4-6H,3,7-8H2,1-2H3,(H,13,17)(H,14,16)(H,15,18). The molecule has 0 unspecified atom stereocenters. The summed E-state index contributed by atoms with van der Waals surface area (Å²) in [5.41, 5.74) is 0.338. The molecule has 18 heavy (non-hydrogen) atoms. The Morgan fingerprint density at radius 2 is 2.11 bits per heavy atom. The minimum Gasteiger partial charge on any atom is -0.370 e. The van der Waals surface area contributed by atoms with Crippen molar-refractivity contribution in [3.63, 3.8) is 0 Å². The van der Waals surface area contributed by atoms with Crippen molar-refractivity contribution >= 4 is 17.6 Å². The molecule has 0 saturated heterocycles. The third-order valence-corrected chi connectivity index (χ3v) is 2.26. The Morgan fingerprint density at radius 3 is 2.78 bits per heavy atom. The Morgan fingerprint density at radius 1 is 1.33 bits per heavy atom. The number of amides is 2. The first-order valence-corrected chi connectivity index (χ1v) is 5.87. The maximum Gasteiger partial charge on any atom is 0.269 e. The van der Waals surface area contributed by atoms with E-state index in [0.717, 1.165) is 6.54 Å². The molecule has 0 saturated carbocycles. The van der Waals surface area contributed by atoms with Gasteiger partial charge in [0.2, 0.25) is 5.91 Å². The summed E-state index contributed by atoms with van der Waals surface area (Å²) >= 11 is 0. The molecular formula is C12H18N4O2. The molecule has 1 heterocycles. The van der Waals surface area contributed by atoms with Crippen LogP contribution in [0.25, 0.3) is 0 Å². The number of carbonyl (C=O) groups is 2. The van der Waals surface area contributed by atoms with Crippen LogP contribution < -0.4 is 16.0 Å². The van der Waals surface area contributed by atoms with Crippen molar-refractivity contribution in [2.45, 2.75) is 13.3 Å². The molecule has 1 aromatic rings. The van der Waals surface area contributed by atoms with Gasteiger partial charge in [-0.2, -0.15) is 0 Å². The van der Waals surface area contributed by atoms with Crippen molar-refractivity contribution in [2.75, 3.05) is 25.5 Å². The summed E-state index contributed by atoms with van der Waals surface area (Å²) in [6, 6.07) is 5.19. The van der Waals surface area contributed by atoms with Gasteiger partial charge in [0.15, 0.2) is 0 Å². The summed E-state index contributed by atoms with van der Waals surface area (Å²) in [5, 5.41) is 8.16. The van der Waals surface area contributed by atoms with Gasteiger partial charge in [-0.1, -0.05) is 6.07 Å². The molecule has 0 aliphatic carbocycles. The minimum absolute atomic E-state index is 0.107. The number of hydrogen-bond acceptors (Lipinski definition) is 4. The monoisotopic (exact) mass is 250 g/mol. The molecule has 0 fully saturated rings. The Hall–Kier alpha value is -2.11. The quantitative estimate of drug-likeness (QED) is 0.681. The molecule has 98 valence electrons. The summed E-state index contributed by atoms with van der Waals surface area (Å²) in [5.74, 6) is 0.278. The Balaban J connectivity index is 2.50. The molecule has 3 N–H and O–H groups in total. The van der Waals surface area contributed by atoms with Gasteiger partial charge >= 0.3 is 0 Å². The van der Waals surface area contributed by atoms with Crippen LogP contribution in [0.4, 0.5) is 5.82 Å². The highest BCUT2D eigenvalue weighted by Gasteiger charge is 2.07. The molecule has 0 spiro atoms. The number of carbonyl (C=O) groups excluding carboxylic acids is 2. The van der Waals surface area contributed by atoms with Gasteiger partial charge in [-0.15, -0.1) is 0 Å². The second kappa shape index (κ2) is 7.26. The number of rotatable bonds is 6. The fourth-order valence-electron chi connectivity index (χ4n) is 1.35. The number of hydrogen-bond donors (Lipinski definition) is 3. The van der Waals surface area contributed by atoms with Gasteiger partial charge in [0.1, 0.15) is 11.5 Å². The summed E-state index contributed by atoms with van der Waals surface area (Å²) in [6.07, 6.45) is 0.259. The fourth-order valence-corrected chi connectivity index (χ4v) is 1.35. The second-order valence-corrected chi connectivity index (χ2v) is 3.62. The highest BCUT2D eigenvalue weighted by atomic mass is 16.2. The Kier molecular flexibility index (Phi) is 5.63. The lowest BCUT2D eigenvalue weighted by Gasteiger charge is -2.06. The van der Waals surface area contributed by atoms with Crippen molar-refractivity contribution in [3.8, 4) is 0 Å². The van der Waals surface area contributed by atoms with Crippen LogP contribution in [0, 0.1) is 0 Å². The lowest BCUT2D eigenvalue weighted by Crippen LogP contribution is -2.29. The summed E-state index contributed by atoms with van der Waals surface area (Å²) in [4.78, 5) is 26.9. The lowest BCUT2D eigenvalue weighted by atomic mass is 10.3. The predicted octanol–water partition coefficient (Wildman–Crippen LogP) is 0.379. The third-order valence-electron chi connectivity index (χ3n) is 2.26. The average Bonchev–Trinajstić information content (AvgIpc) is 2.39. The molecule has 2 amide bonds. The maximum atomic E-state index is 11.7. The van der Waals surface area contributed by atoms with Crippen molar-refractivity contribution in [2.24, 2.45) is 0 Å². The molecule has 0 aliphatic heterocycles. The van der Waals surface area contributed by atoms with Crippen LogP contribution in [0.3, 0.4) is 0 Å². The smallest absolute Gasteiger partial charge is 0.269 e. The first kappa shape index (κ1) is 14.0. The van der Waals surface area contributed by atoms with Crippen LogP contribution >= 0.6 is 0 Å². The SMILES string of the molecule is CCNc1cccc(C(=O)NCCC(=O)NC)n1. The molecule has 1 rings (SSSR count). The number of nitrogens with one attached hydrogen (secondary N) is 3. The van der Waals surface area contributed by atoms with Gasteiger partial charge < -0.3 is 16.0 Å². The zero-order valence-electron chi connectivity index (χ0n) is 10.6. The first-order chi connectivity index (χ1) is 8.67. The van der Waals surface area contributed by atoms with E-state index in [0.29, 0.717) is 18.1 Å². The van der Waals surface area contributed by atoms with Crippen LogP contribution in [-0.4, -0.2) is 36.9 Å². The molecular weight excluding hydrogens is 232 g/mol. The fraction of sp³-hybridized carbons (Fsp3) is 0.417. The van der Waals surface area contributed by atoms with Crippen LogP contribution in [0.15, 0.2) is 18.2 Å². The molecule has 0 aliphatic rings. The molecule has 6 heteroatoms. The van der Waals surface area contributed by atoms with Gasteiger partial charge in [-0.05, 0) is 19.1 Å². The van der Waals surface area contributed by atoms with Gasteiger partial charge in [0.05, 0.1) is 0 Å². The van der Waals surface area contributed by atoms with Crippen LogP contribution in [0.2, 0.25) is 0 Å². The largest absolute Gasteiger partial charge is 0.370 e. The van der Waals surface area contributed by atoms with Crippen LogP contribution in [0.1, 0.15) is 23.8 Å². The van der Waals surface area contributed by atoms with E-state index < -0.39 is 0 Å². The summed E-state index contributed by atoms with van der Waals surface area (Å²) in [7, 11) is 1.56. The molecule has 6 nitrogen and oxygen atoms in total. The highest BCUT2D eigenvalue weighted by Crippen LogP contribution is 2.04. The topological polar surface area (TPSA) is 83.1 Å². The molecule has 1 aromatic heterocycles. The molecule has 0 radical (unpaired) electrons. The number of pyridine rings is 1. The van der Waals surface area contributed by atoms with E-state index >= 15 is 0 Å². The zero-order valence-corrected chi connectivity index (χ0v) is 10.6. The first-order valence-electron chi connectivity index (χ1n) is 5.87. The molecule has 0 aromatic carbocycles. The van der Waals surface area contributed by atoms with Crippen molar-refractivity contribution in [3.05, 3.63) is 23.9 Å². The van der Waals surface area contributed by atoms with E-state index in [1.165, 1.54) is 0 Å². The Bertz CT molecular complexity index is 420. The summed E-state index contributed by atoms with van der Waals surface area (Å²) in [6.45, 7) is 3.00. The number of anilines is 1. The zero-order chi connectivity index (χ0) is 13.4. The van der Waals surface area contributed by atoms with Crippen molar-refractivity contribution < 1.29 is 9.59 Å². The third kappa shape index (κ3) is 4.40. The van der Waals surface area contributed by atoms with Gasteiger partial charge in [0, 0.05) is 26.6 Å². The van der Waals surface area contributed by atoms with Crippen LogP contribution in [0.5, 0.6) is 0 Å². The van der Waals surface area contributed by atoms with Crippen molar-refractivity contribution in [1.82, 2.24) is 15.6 Å². The normalized spacial score (nSPS) is 9.67. The summed E-state index contributed by atoms with van der Waals surface area (Å²) < 4.78 is 0.